The van der Waals surface area contributed by atoms with Crippen LogP contribution in [0.5, 0.6) is 11.5 Å². The number of rotatable bonds is 6. The summed E-state index contributed by atoms with van der Waals surface area (Å²) in [5.74, 6) is 1.16. The van der Waals surface area contributed by atoms with Gasteiger partial charge in [-0.1, -0.05) is 6.07 Å². The number of ether oxygens (including phenoxy) is 2. The highest BCUT2D eigenvalue weighted by molar-refractivity contribution is 5.77. The molecule has 0 radical (unpaired) electrons. The number of guanidine groups is 1. The zero-order valence-corrected chi connectivity index (χ0v) is 14.6. The Bertz CT molecular complexity index is 787. The van der Waals surface area contributed by atoms with Gasteiger partial charge in [-0.3, -0.25) is 4.68 Å². The monoisotopic (exact) mass is 371 g/mol. The predicted octanol–water partition coefficient (Wildman–Crippen LogP) is 2.06. The van der Waals surface area contributed by atoms with E-state index in [1.807, 2.05) is 0 Å². The molecule has 142 valence electrons. The van der Waals surface area contributed by atoms with Crippen molar-refractivity contribution in [3.63, 3.8) is 0 Å². The first-order valence-corrected chi connectivity index (χ1v) is 7.59. The maximum atomic E-state index is 12.9. The lowest BCUT2D eigenvalue weighted by molar-refractivity contribution is -0.142. The van der Waals surface area contributed by atoms with Gasteiger partial charge in [0.2, 0.25) is 0 Å². The van der Waals surface area contributed by atoms with Gasteiger partial charge in [-0.05, 0) is 17.7 Å². The molecule has 2 aromatic rings. The van der Waals surface area contributed by atoms with Gasteiger partial charge in [-0.25, -0.2) is 4.99 Å². The number of aliphatic imine (C=N–C) groups is 1. The number of nitrogens with two attached hydrogens (primary N) is 1. The standard InChI is InChI=1S/C16H20F3N5O2/c1-24-9-11(14(23-24)16(17,18)19)8-22-15(20)21-7-10-4-5-12(25-2)13(6-10)26-3/h4-6,9H,7-8H2,1-3H3,(H3,20,21,22). The number of alkyl halides is 3. The highest BCUT2D eigenvalue weighted by Crippen LogP contribution is 2.30. The van der Waals surface area contributed by atoms with Crippen LogP contribution in [-0.4, -0.2) is 30.0 Å². The van der Waals surface area contributed by atoms with Gasteiger partial charge >= 0.3 is 6.18 Å². The SMILES string of the molecule is COc1ccc(CN=C(N)NCc2cn(C)nc2C(F)(F)F)cc1OC. The Morgan fingerprint density at radius 1 is 1.27 bits per heavy atom. The lowest BCUT2D eigenvalue weighted by Gasteiger charge is -2.09. The molecule has 1 aromatic heterocycles. The number of nitrogens with one attached hydrogen (secondary N) is 1. The number of hydrogen-bond acceptors (Lipinski definition) is 4. The highest BCUT2D eigenvalue weighted by atomic mass is 19.4. The minimum absolute atomic E-state index is 0.00994. The second-order valence-corrected chi connectivity index (χ2v) is 5.42. The molecule has 3 N–H and O–H groups in total. The summed E-state index contributed by atoms with van der Waals surface area (Å²) >= 11 is 0. The van der Waals surface area contributed by atoms with E-state index in [-0.39, 0.29) is 24.6 Å². The summed E-state index contributed by atoms with van der Waals surface area (Å²) in [6.07, 6.45) is -3.23. The number of hydrogen-bond donors (Lipinski definition) is 2. The van der Waals surface area contributed by atoms with Crippen LogP contribution < -0.4 is 20.5 Å². The maximum absolute atomic E-state index is 12.9. The molecule has 0 saturated heterocycles. The molecule has 0 fully saturated rings. The van der Waals surface area contributed by atoms with Crippen LogP contribution in [0, 0.1) is 0 Å². The van der Waals surface area contributed by atoms with Gasteiger partial charge in [-0.2, -0.15) is 18.3 Å². The molecule has 1 heterocycles. The average Bonchev–Trinajstić information content (AvgIpc) is 2.99. The van der Waals surface area contributed by atoms with E-state index in [0.29, 0.717) is 11.5 Å². The Labute approximate surface area is 148 Å². The maximum Gasteiger partial charge on any atom is 0.435 e. The van der Waals surface area contributed by atoms with Gasteiger partial charge < -0.3 is 20.5 Å². The van der Waals surface area contributed by atoms with E-state index < -0.39 is 11.9 Å². The molecule has 7 nitrogen and oxygen atoms in total. The smallest absolute Gasteiger partial charge is 0.435 e. The molecule has 1 aromatic carbocycles. The van der Waals surface area contributed by atoms with E-state index in [1.165, 1.54) is 27.5 Å². The highest BCUT2D eigenvalue weighted by Gasteiger charge is 2.36. The van der Waals surface area contributed by atoms with Crippen LogP contribution in [0.3, 0.4) is 0 Å². The van der Waals surface area contributed by atoms with Gasteiger partial charge in [-0.15, -0.1) is 0 Å². The third-order valence-corrected chi connectivity index (χ3v) is 3.51. The van der Waals surface area contributed by atoms with Gasteiger partial charge in [0.1, 0.15) is 0 Å². The lowest BCUT2D eigenvalue weighted by atomic mass is 10.2. The Hall–Kier alpha value is -2.91. The first-order chi connectivity index (χ1) is 12.2. The second kappa shape index (κ2) is 7.98. The third kappa shape index (κ3) is 4.80. The van der Waals surface area contributed by atoms with E-state index in [2.05, 4.69) is 15.4 Å². The molecule has 0 atom stereocenters. The van der Waals surface area contributed by atoms with E-state index in [4.69, 9.17) is 15.2 Å². The molecule has 26 heavy (non-hydrogen) atoms. The van der Waals surface area contributed by atoms with Gasteiger partial charge in [0.25, 0.3) is 0 Å². The predicted molar refractivity (Wildman–Crippen MR) is 89.9 cm³/mol. The normalized spacial score (nSPS) is 12.2. The summed E-state index contributed by atoms with van der Waals surface area (Å²) in [6.45, 7) is 0.0995. The molecular formula is C16H20F3N5O2. The fourth-order valence-electron chi connectivity index (χ4n) is 2.30. The molecular weight excluding hydrogens is 351 g/mol. The Kier molecular flexibility index (Phi) is 5.96. The molecule has 0 aliphatic rings. The van der Waals surface area contributed by atoms with E-state index in [1.54, 1.807) is 18.2 Å². The number of methoxy groups -OCH3 is 2. The summed E-state index contributed by atoms with van der Waals surface area (Å²) < 4.78 is 50.2. The van der Waals surface area contributed by atoms with Crippen molar-refractivity contribution in [3.8, 4) is 11.5 Å². The second-order valence-electron chi connectivity index (χ2n) is 5.42. The molecule has 0 aliphatic heterocycles. The quantitative estimate of drug-likeness (QED) is 0.600. The third-order valence-electron chi connectivity index (χ3n) is 3.51. The fraction of sp³-hybridized carbons (Fsp3) is 0.375. The molecule has 0 spiro atoms. The molecule has 0 bridgehead atoms. The molecule has 2 rings (SSSR count). The van der Waals surface area contributed by atoms with Crippen molar-refractivity contribution in [3.05, 3.63) is 41.2 Å². The summed E-state index contributed by atoms with van der Waals surface area (Å²) in [4.78, 5) is 4.12. The topological polar surface area (TPSA) is 86.7 Å². The summed E-state index contributed by atoms with van der Waals surface area (Å²) in [6, 6.07) is 5.28. The first-order valence-electron chi connectivity index (χ1n) is 7.59. The van der Waals surface area contributed by atoms with Crippen molar-refractivity contribution in [1.29, 1.82) is 0 Å². The molecule has 0 unspecified atom stereocenters. The van der Waals surface area contributed by atoms with Crippen LogP contribution in [0.15, 0.2) is 29.4 Å². The van der Waals surface area contributed by atoms with Crippen molar-refractivity contribution >= 4 is 5.96 Å². The van der Waals surface area contributed by atoms with Crippen molar-refractivity contribution in [1.82, 2.24) is 15.1 Å². The minimum Gasteiger partial charge on any atom is -0.493 e. The zero-order chi connectivity index (χ0) is 19.3. The number of aromatic nitrogens is 2. The van der Waals surface area contributed by atoms with Gasteiger partial charge in [0.15, 0.2) is 23.2 Å². The van der Waals surface area contributed by atoms with Crippen LogP contribution in [0.2, 0.25) is 0 Å². The number of aryl methyl sites for hydroxylation is 1. The van der Waals surface area contributed by atoms with E-state index in [9.17, 15) is 13.2 Å². The number of benzene rings is 1. The van der Waals surface area contributed by atoms with Crippen molar-refractivity contribution < 1.29 is 22.6 Å². The Morgan fingerprint density at radius 3 is 2.58 bits per heavy atom. The van der Waals surface area contributed by atoms with Gasteiger partial charge in [0, 0.05) is 25.4 Å². The number of halogens is 3. The van der Waals surface area contributed by atoms with E-state index >= 15 is 0 Å². The molecule has 0 amide bonds. The average molecular weight is 371 g/mol. The molecule has 0 aliphatic carbocycles. The molecule has 10 heteroatoms. The summed E-state index contributed by atoms with van der Waals surface area (Å²) in [5, 5.41) is 6.10. The first kappa shape index (κ1) is 19.4. The van der Waals surface area contributed by atoms with Crippen molar-refractivity contribution in [2.45, 2.75) is 19.3 Å². The van der Waals surface area contributed by atoms with Crippen LogP contribution in [0.4, 0.5) is 13.2 Å². The summed E-state index contributed by atoms with van der Waals surface area (Å²) in [5.41, 5.74) is 5.59. The van der Waals surface area contributed by atoms with Crippen LogP contribution in [0.25, 0.3) is 0 Å². The Balaban J connectivity index is 2.02. The summed E-state index contributed by atoms with van der Waals surface area (Å²) in [7, 11) is 4.48. The lowest BCUT2D eigenvalue weighted by Crippen LogP contribution is -2.31. The fourth-order valence-corrected chi connectivity index (χ4v) is 2.30. The molecule has 0 saturated carbocycles. The van der Waals surface area contributed by atoms with Crippen LogP contribution >= 0.6 is 0 Å². The van der Waals surface area contributed by atoms with Crippen LogP contribution in [0.1, 0.15) is 16.8 Å². The Morgan fingerprint density at radius 2 is 1.96 bits per heavy atom. The zero-order valence-electron chi connectivity index (χ0n) is 14.6. The van der Waals surface area contributed by atoms with Crippen molar-refractivity contribution in [2.24, 2.45) is 17.8 Å². The minimum atomic E-state index is -4.52. The number of nitrogens with zero attached hydrogens (tertiary/aromatic N) is 3. The van der Waals surface area contributed by atoms with Gasteiger partial charge in [0.05, 0.1) is 20.8 Å². The largest absolute Gasteiger partial charge is 0.493 e. The van der Waals surface area contributed by atoms with E-state index in [0.717, 1.165) is 10.2 Å². The van der Waals surface area contributed by atoms with Crippen LogP contribution in [-0.2, 0) is 26.3 Å². The van der Waals surface area contributed by atoms with Crippen molar-refractivity contribution in [2.75, 3.05) is 14.2 Å².